The van der Waals surface area contributed by atoms with Crippen LogP contribution in [0.2, 0.25) is 5.02 Å². The van der Waals surface area contributed by atoms with Crippen LogP contribution in [0.15, 0.2) is 53.5 Å². The maximum Gasteiger partial charge on any atom is 0.242 e. The van der Waals surface area contributed by atoms with E-state index in [1.165, 1.54) is 11.8 Å². The summed E-state index contributed by atoms with van der Waals surface area (Å²) in [6.07, 6.45) is 0.898. The number of nitrogens with one attached hydrogen (secondary N) is 1. The standard InChI is InChI=1S/C21H22ClN3O2S/c1-3-12-25-20(27)18(13-19(26)23-16-10-6-4-8-14(16)2)28-21(25)24-17-11-7-5-9-15(17)22/h4-11,18H,3,12-13H2,1-2H3,(H,23,26)/t18-/m1/s1. The Balaban J connectivity index is 1.75. The molecule has 3 rings (SSSR count). The van der Waals surface area contributed by atoms with Gasteiger partial charge >= 0.3 is 0 Å². The number of carbonyl (C=O) groups excluding carboxylic acids is 2. The topological polar surface area (TPSA) is 61.8 Å². The Kier molecular flexibility index (Phi) is 6.75. The lowest BCUT2D eigenvalue weighted by Crippen LogP contribution is -2.34. The third-order valence-electron chi connectivity index (χ3n) is 4.33. The Morgan fingerprint density at radius 2 is 1.93 bits per heavy atom. The summed E-state index contributed by atoms with van der Waals surface area (Å²) in [5, 5.41) is 3.52. The van der Waals surface area contributed by atoms with E-state index in [2.05, 4.69) is 10.3 Å². The molecule has 1 aliphatic rings. The molecule has 0 aromatic heterocycles. The molecule has 1 fully saturated rings. The van der Waals surface area contributed by atoms with E-state index in [0.717, 1.165) is 17.7 Å². The molecule has 2 amide bonds. The van der Waals surface area contributed by atoms with E-state index in [0.29, 0.717) is 22.4 Å². The molecule has 0 saturated carbocycles. The van der Waals surface area contributed by atoms with Crippen molar-refractivity contribution in [2.75, 3.05) is 11.9 Å². The van der Waals surface area contributed by atoms with E-state index >= 15 is 0 Å². The zero-order valence-electron chi connectivity index (χ0n) is 15.8. The first kappa shape index (κ1) is 20.4. The maximum absolute atomic E-state index is 12.8. The molecular formula is C21H22ClN3O2S. The summed E-state index contributed by atoms with van der Waals surface area (Å²) in [5.41, 5.74) is 2.36. The number of carbonyl (C=O) groups is 2. The molecule has 0 radical (unpaired) electrons. The highest BCUT2D eigenvalue weighted by atomic mass is 35.5. The van der Waals surface area contributed by atoms with Crippen LogP contribution in [0.1, 0.15) is 25.3 Å². The average Bonchev–Trinajstić information content (AvgIpc) is 2.94. The van der Waals surface area contributed by atoms with Crippen molar-refractivity contribution in [3.8, 4) is 0 Å². The summed E-state index contributed by atoms with van der Waals surface area (Å²) < 4.78 is 0. The fourth-order valence-electron chi connectivity index (χ4n) is 2.88. The Hall–Kier alpha value is -2.31. The number of benzene rings is 2. The van der Waals surface area contributed by atoms with Crippen LogP contribution in [-0.4, -0.2) is 33.7 Å². The van der Waals surface area contributed by atoms with Gasteiger partial charge in [-0.3, -0.25) is 14.5 Å². The molecule has 0 bridgehead atoms. The fraction of sp³-hybridized carbons (Fsp3) is 0.286. The number of para-hydroxylation sites is 2. The average molecular weight is 416 g/mol. The molecule has 5 nitrogen and oxygen atoms in total. The molecule has 2 aromatic rings. The first-order chi connectivity index (χ1) is 13.5. The minimum absolute atomic E-state index is 0.0856. The molecule has 2 aromatic carbocycles. The Bertz CT molecular complexity index is 916. The fourth-order valence-corrected chi connectivity index (χ4v) is 4.24. The number of hydrogen-bond donors (Lipinski definition) is 1. The molecule has 1 N–H and O–H groups in total. The van der Waals surface area contributed by atoms with Gasteiger partial charge in [-0.2, -0.15) is 0 Å². The van der Waals surface area contributed by atoms with E-state index in [9.17, 15) is 9.59 Å². The molecule has 1 heterocycles. The molecule has 146 valence electrons. The van der Waals surface area contributed by atoms with Crippen molar-refractivity contribution >= 4 is 51.7 Å². The van der Waals surface area contributed by atoms with Crippen LogP contribution in [0.4, 0.5) is 11.4 Å². The van der Waals surface area contributed by atoms with E-state index in [1.54, 1.807) is 11.0 Å². The Morgan fingerprint density at radius 3 is 2.64 bits per heavy atom. The zero-order chi connectivity index (χ0) is 20.1. The monoisotopic (exact) mass is 415 g/mol. The van der Waals surface area contributed by atoms with Crippen molar-refractivity contribution in [2.45, 2.75) is 31.9 Å². The van der Waals surface area contributed by atoms with Gasteiger partial charge in [0.25, 0.3) is 0 Å². The van der Waals surface area contributed by atoms with Crippen molar-refractivity contribution in [1.82, 2.24) is 4.90 Å². The van der Waals surface area contributed by atoms with Crippen molar-refractivity contribution in [2.24, 2.45) is 4.99 Å². The van der Waals surface area contributed by atoms with Crippen molar-refractivity contribution in [3.05, 3.63) is 59.1 Å². The minimum atomic E-state index is -0.489. The summed E-state index contributed by atoms with van der Waals surface area (Å²) in [5.74, 6) is -0.270. The number of anilines is 1. The number of amides is 2. The summed E-state index contributed by atoms with van der Waals surface area (Å²) in [6, 6.07) is 14.8. The van der Waals surface area contributed by atoms with Crippen molar-refractivity contribution < 1.29 is 9.59 Å². The lowest BCUT2D eigenvalue weighted by molar-refractivity contribution is -0.128. The van der Waals surface area contributed by atoms with E-state index in [1.807, 2.05) is 56.3 Å². The van der Waals surface area contributed by atoms with E-state index < -0.39 is 5.25 Å². The van der Waals surface area contributed by atoms with Gasteiger partial charge in [-0.05, 0) is 37.1 Å². The number of aryl methyl sites for hydroxylation is 1. The minimum Gasteiger partial charge on any atom is -0.326 e. The summed E-state index contributed by atoms with van der Waals surface area (Å²) in [6.45, 7) is 4.50. The largest absolute Gasteiger partial charge is 0.326 e. The number of halogens is 1. The summed E-state index contributed by atoms with van der Waals surface area (Å²) in [4.78, 5) is 31.6. The van der Waals surface area contributed by atoms with Crippen LogP contribution in [0, 0.1) is 6.92 Å². The number of thioether (sulfide) groups is 1. The quantitative estimate of drug-likeness (QED) is 0.720. The Morgan fingerprint density at radius 1 is 1.21 bits per heavy atom. The van der Waals surface area contributed by atoms with Gasteiger partial charge in [-0.15, -0.1) is 0 Å². The second-order valence-corrected chi connectivity index (χ2v) is 8.09. The van der Waals surface area contributed by atoms with Gasteiger partial charge in [0.05, 0.1) is 10.7 Å². The molecule has 1 atom stereocenters. The normalized spacial score (nSPS) is 18.0. The molecule has 0 unspecified atom stereocenters. The number of amidine groups is 1. The highest BCUT2D eigenvalue weighted by Crippen LogP contribution is 2.34. The van der Waals surface area contributed by atoms with Crippen molar-refractivity contribution in [3.63, 3.8) is 0 Å². The number of aliphatic imine (C=N–C) groups is 1. The van der Waals surface area contributed by atoms with E-state index in [-0.39, 0.29) is 18.2 Å². The first-order valence-electron chi connectivity index (χ1n) is 9.16. The SMILES string of the molecule is CCCN1C(=O)[C@@H](CC(=O)Nc2ccccc2C)SC1=Nc1ccccc1Cl. The van der Waals surface area contributed by atoms with Crippen LogP contribution in [-0.2, 0) is 9.59 Å². The first-order valence-corrected chi connectivity index (χ1v) is 10.4. The van der Waals surface area contributed by atoms with Gasteiger partial charge in [0.1, 0.15) is 5.25 Å². The van der Waals surface area contributed by atoms with Gasteiger partial charge in [-0.25, -0.2) is 4.99 Å². The third kappa shape index (κ3) is 4.75. The lowest BCUT2D eigenvalue weighted by Gasteiger charge is -2.15. The van der Waals surface area contributed by atoms with Crippen LogP contribution < -0.4 is 5.32 Å². The second-order valence-electron chi connectivity index (χ2n) is 6.51. The predicted octanol–water partition coefficient (Wildman–Crippen LogP) is 5.02. The van der Waals surface area contributed by atoms with Crippen molar-refractivity contribution in [1.29, 1.82) is 0 Å². The molecule has 0 aliphatic carbocycles. The maximum atomic E-state index is 12.8. The van der Waals surface area contributed by atoms with Gasteiger partial charge in [-0.1, -0.05) is 60.6 Å². The van der Waals surface area contributed by atoms with Gasteiger partial charge in [0.2, 0.25) is 11.8 Å². The highest BCUT2D eigenvalue weighted by Gasteiger charge is 2.38. The number of rotatable bonds is 6. The smallest absolute Gasteiger partial charge is 0.242 e. The summed E-state index contributed by atoms with van der Waals surface area (Å²) >= 11 is 7.53. The highest BCUT2D eigenvalue weighted by molar-refractivity contribution is 8.15. The van der Waals surface area contributed by atoms with Gasteiger partial charge in [0.15, 0.2) is 5.17 Å². The van der Waals surface area contributed by atoms with E-state index in [4.69, 9.17) is 11.6 Å². The van der Waals surface area contributed by atoms with Crippen LogP contribution in [0.5, 0.6) is 0 Å². The number of hydrogen-bond acceptors (Lipinski definition) is 4. The second kappa shape index (κ2) is 9.26. The molecule has 1 aliphatic heterocycles. The zero-order valence-corrected chi connectivity index (χ0v) is 17.4. The molecule has 7 heteroatoms. The molecule has 1 saturated heterocycles. The number of nitrogens with zero attached hydrogens (tertiary/aromatic N) is 2. The van der Waals surface area contributed by atoms with Gasteiger partial charge < -0.3 is 5.32 Å². The molecular weight excluding hydrogens is 394 g/mol. The van der Waals surface area contributed by atoms with Crippen LogP contribution >= 0.6 is 23.4 Å². The predicted molar refractivity (Wildman–Crippen MR) is 116 cm³/mol. The van der Waals surface area contributed by atoms with Crippen LogP contribution in [0.3, 0.4) is 0 Å². The molecule has 28 heavy (non-hydrogen) atoms. The van der Waals surface area contributed by atoms with Gasteiger partial charge in [0, 0.05) is 18.7 Å². The Labute approximate surface area is 174 Å². The third-order valence-corrected chi connectivity index (χ3v) is 5.82. The summed E-state index contributed by atoms with van der Waals surface area (Å²) in [7, 11) is 0. The lowest BCUT2D eigenvalue weighted by atomic mass is 10.2. The van der Waals surface area contributed by atoms with Crippen LogP contribution in [0.25, 0.3) is 0 Å². The molecule has 0 spiro atoms.